The normalized spacial score (nSPS) is 17.3. The minimum atomic E-state index is -0.850. The number of para-hydroxylation sites is 1. The Morgan fingerprint density at radius 3 is 2.93 bits per heavy atom. The van der Waals surface area contributed by atoms with Crippen molar-refractivity contribution in [3.8, 4) is 5.75 Å². The highest BCUT2D eigenvalue weighted by molar-refractivity contribution is 6.00. The van der Waals surface area contributed by atoms with Crippen molar-refractivity contribution in [2.24, 2.45) is 5.92 Å². The molecule has 0 spiro atoms. The maximum Gasteiger partial charge on any atom is 0.260 e. The summed E-state index contributed by atoms with van der Waals surface area (Å²) in [6.45, 7) is 4.70. The van der Waals surface area contributed by atoms with Gasteiger partial charge in [-0.2, -0.15) is 4.39 Å². The van der Waals surface area contributed by atoms with Crippen LogP contribution in [0.15, 0.2) is 36.5 Å². The maximum absolute atomic E-state index is 14.2. The Morgan fingerprint density at radius 2 is 2.11 bits per heavy atom. The van der Waals surface area contributed by atoms with Crippen LogP contribution in [0.3, 0.4) is 0 Å². The number of halogens is 1. The highest BCUT2D eigenvalue weighted by Crippen LogP contribution is 2.33. The van der Waals surface area contributed by atoms with Gasteiger partial charge in [-0.25, -0.2) is 9.50 Å². The summed E-state index contributed by atoms with van der Waals surface area (Å²) < 4.78 is 21.4. The van der Waals surface area contributed by atoms with Gasteiger partial charge in [-0.1, -0.05) is 32.0 Å². The first kappa shape index (κ1) is 17.3. The largest absolute Gasteiger partial charge is 0.491 e. The third-order valence-electron chi connectivity index (χ3n) is 4.54. The fourth-order valence-corrected chi connectivity index (χ4v) is 3.22. The molecule has 1 amide bonds. The molecule has 1 atom stereocenters. The van der Waals surface area contributed by atoms with E-state index >= 15 is 0 Å². The topological polar surface area (TPSA) is 80.5 Å². The Labute approximate surface area is 155 Å². The average molecular weight is 369 g/mol. The highest BCUT2D eigenvalue weighted by atomic mass is 19.1. The molecular weight excluding hydrogens is 349 g/mol. The fourth-order valence-electron chi connectivity index (χ4n) is 3.22. The SMILES string of the molecule is CC(C)C1Nc2ccn3nc(F)c(c3n2)C(=O)NCCOc2ccccc21. The van der Waals surface area contributed by atoms with Crippen molar-refractivity contribution in [1.29, 1.82) is 0 Å². The molecule has 0 aliphatic carbocycles. The van der Waals surface area contributed by atoms with E-state index in [0.29, 0.717) is 5.82 Å². The minimum Gasteiger partial charge on any atom is -0.491 e. The number of fused-ring (bicyclic) bond motifs is 2. The number of nitrogens with zero attached hydrogens (tertiary/aromatic N) is 3. The number of carbonyl (C=O) groups excluding carboxylic acids is 1. The first-order valence-electron chi connectivity index (χ1n) is 8.86. The second kappa shape index (κ2) is 6.86. The van der Waals surface area contributed by atoms with Crippen LogP contribution in [0.4, 0.5) is 10.2 Å². The van der Waals surface area contributed by atoms with Gasteiger partial charge in [0.25, 0.3) is 5.91 Å². The summed E-state index contributed by atoms with van der Waals surface area (Å²) in [6.07, 6.45) is 1.59. The monoisotopic (exact) mass is 369 g/mol. The molecule has 1 aromatic carbocycles. The second-order valence-electron chi connectivity index (χ2n) is 6.75. The predicted octanol–water partition coefficient (Wildman–Crippen LogP) is 2.80. The standard InChI is InChI=1S/C19H20FN5O2/c1-11(2)16-12-5-3-4-6-13(12)27-10-8-21-19(26)15-17(20)24-25-9-7-14(22-16)23-18(15)25/h3-7,9,11,16H,8,10H2,1-2H3,(H,21,26)(H,22,23). The molecule has 4 rings (SSSR count). The molecule has 8 heteroatoms. The molecule has 3 aromatic rings. The van der Waals surface area contributed by atoms with Crippen molar-refractivity contribution in [2.45, 2.75) is 19.9 Å². The third-order valence-corrected chi connectivity index (χ3v) is 4.54. The zero-order valence-corrected chi connectivity index (χ0v) is 15.1. The van der Waals surface area contributed by atoms with E-state index in [1.54, 1.807) is 12.3 Å². The van der Waals surface area contributed by atoms with Crippen molar-refractivity contribution >= 4 is 17.4 Å². The number of hydrogen-bond acceptors (Lipinski definition) is 5. The molecule has 2 N–H and O–H groups in total. The molecule has 1 unspecified atom stereocenters. The molecule has 3 heterocycles. The van der Waals surface area contributed by atoms with E-state index in [1.807, 2.05) is 24.3 Å². The number of nitrogens with one attached hydrogen (secondary N) is 2. The molecule has 1 aliphatic rings. The Bertz CT molecular complexity index is 1000. The summed E-state index contributed by atoms with van der Waals surface area (Å²) >= 11 is 0. The number of hydrogen-bond donors (Lipinski definition) is 2. The quantitative estimate of drug-likeness (QED) is 0.689. The molecule has 27 heavy (non-hydrogen) atoms. The van der Waals surface area contributed by atoms with E-state index in [0.717, 1.165) is 11.3 Å². The number of amides is 1. The lowest BCUT2D eigenvalue weighted by molar-refractivity contribution is 0.0944. The van der Waals surface area contributed by atoms with Crippen molar-refractivity contribution < 1.29 is 13.9 Å². The second-order valence-corrected chi connectivity index (χ2v) is 6.75. The van der Waals surface area contributed by atoms with Gasteiger partial charge in [-0.05, 0) is 18.1 Å². The molecule has 0 saturated carbocycles. The molecule has 0 fully saturated rings. The Morgan fingerprint density at radius 1 is 1.30 bits per heavy atom. The third kappa shape index (κ3) is 3.18. The summed E-state index contributed by atoms with van der Waals surface area (Å²) in [4.78, 5) is 16.9. The molecule has 7 nitrogen and oxygen atoms in total. The summed E-state index contributed by atoms with van der Waals surface area (Å²) in [7, 11) is 0. The number of benzene rings is 1. The van der Waals surface area contributed by atoms with E-state index in [2.05, 4.69) is 34.6 Å². The van der Waals surface area contributed by atoms with Crippen molar-refractivity contribution in [3.63, 3.8) is 0 Å². The minimum absolute atomic E-state index is 0.0724. The van der Waals surface area contributed by atoms with Crippen LogP contribution in [0.1, 0.15) is 35.8 Å². The Balaban J connectivity index is 1.85. The van der Waals surface area contributed by atoms with Crippen LogP contribution in [0.5, 0.6) is 5.75 Å². The van der Waals surface area contributed by atoms with Crippen molar-refractivity contribution in [2.75, 3.05) is 18.5 Å². The number of rotatable bonds is 1. The summed E-state index contributed by atoms with van der Waals surface area (Å²) in [6, 6.07) is 9.41. The lowest BCUT2D eigenvalue weighted by atomic mass is 9.95. The van der Waals surface area contributed by atoms with Crippen molar-refractivity contribution in [1.82, 2.24) is 19.9 Å². The van der Waals surface area contributed by atoms with Gasteiger partial charge in [0.05, 0.1) is 12.6 Å². The molecule has 0 radical (unpaired) electrons. The van der Waals surface area contributed by atoms with E-state index in [-0.39, 0.29) is 36.3 Å². The lowest BCUT2D eigenvalue weighted by Crippen LogP contribution is -2.28. The molecule has 0 saturated heterocycles. The molecule has 140 valence electrons. The first-order valence-corrected chi connectivity index (χ1v) is 8.86. The zero-order valence-electron chi connectivity index (χ0n) is 15.1. The molecular formula is C19H20FN5O2. The van der Waals surface area contributed by atoms with E-state index < -0.39 is 11.9 Å². The molecule has 2 aromatic heterocycles. The summed E-state index contributed by atoms with van der Waals surface area (Å²) in [5.41, 5.74) is 1.00. The van der Waals surface area contributed by atoms with Crippen molar-refractivity contribution in [3.05, 3.63) is 53.6 Å². The maximum atomic E-state index is 14.2. The van der Waals surface area contributed by atoms with Crippen LogP contribution < -0.4 is 15.4 Å². The summed E-state index contributed by atoms with van der Waals surface area (Å²) in [5.74, 6) is 0.0933. The number of ether oxygens (including phenoxy) is 1. The van der Waals surface area contributed by atoms with E-state index in [1.165, 1.54) is 4.52 Å². The van der Waals surface area contributed by atoms with Gasteiger partial charge in [0.15, 0.2) is 5.65 Å². The van der Waals surface area contributed by atoms with E-state index in [4.69, 9.17) is 4.74 Å². The lowest BCUT2D eigenvalue weighted by Gasteiger charge is -2.25. The van der Waals surface area contributed by atoms with E-state index in [9.17, 15) is 9.18 Å². The van der Waals surface area contributed by atoms with Gasteiger partial charge < -0.3 is 15.4 Å². The van der Waals surface area contributed by atoms with Gasteiger partial charge >= 0.3 is 0 Å². The van der Waals surface area contributed by atoms with Crippen LogP contribution in [0, 0.1) is 11.9 Å². The van der Waals surface area contributed by atoms with Crippen LogP contribution >= 0.6 is 0 Å². The highest BCUT2D eigenvalue weighted by Gasteiger charge is 2.24. The number of anilines is 1. The van der Waals surface area contributed by atoms with Crippen LogP contribution in [-0.4, -0.2) is 33.7 Å². The predicted molar refractivity (Wildman–Crippen MR) is 98.4 cm³/mol. The van der Waals surface area contributed by atoms with Gasteiger partial charge in [0, 0.05) is 11.8 Å². The Hall–Kier alpha value is -3.16. The zero-order chi connectivity index (χ0) is 19.0. The summed E-state index contributed by atoms with van der Waals surface area (Å²) in [5, 5.41) is 9.79. The smallest absolute Gasteiger partial charge is 0.260 e. The van der Waals surface area contributed by atoms with Gasteiger partial charge in [0.1, 0.15) is 23.7 Å². The van der Waals surface area contributed by atoms with Gasteiger partial charge in [-0.3, -0.25) is 4.79 Å². The first-order chi connectivity index (χ1) is 13.0. The number of carbonyl (C=O) groups is 1. The molecule has 1 aliphatic heterocycles. The van der Waals surface area contributed by atoms with Gasteiger partial charge in [-0.15, -0.1) is 5.10 Å². The molecule has 2 bridgehead atoms. The average Bonchev–Trinajstić information content (AvgIpc) is 2.98. The number of aromatic nitrogens is 3. The van der Waals surface area contributed by atoms with Gasteiger partial charge in [0.2, 0.25) is 5.95 Å². The van der Waals surface area contributed by atoms with Crippen LogP contribution in [0.25, 0.3) is 5.65 Å². The van der Waals surface area contributed by atoms with Crippen LogP contribution in [0.2, 0.25) is 0 Å². The van der Waals surface area contributed by atoms with Crippen LogP contribution in [-0.2, 0) is 0 Å². The fraction of sp³-hybridized carbons (Fsp3) is 0.316. The Kier molecular flexibility index (Phi) is 4.39.